The predicted molar refractivity (Wildman–Crippen MR) is 118 cm³/mol. The van der Waals surface area contributed by atoms with E-state index in [2.05, 4.69) is 5.10 Å². The van der Waals surface area contributed by atoms with E-state index < -0.39 is 18.3 Å². The molecule has 9 heteroatoms. The highest BCUT2D eigenvalue weighted by atomic mass is 19.1. The molecule has 1 N–H and O–H groups in total. The lowest BCUT2D eigenvalue weighted by Gasteiger charge is -2.36. The summed E-state index contributed by atoms with van der Waals surface area (Å²) in [6.45, 7) is 2.41. The number of ether oxygens (including phenoxy) is 1. The minimum absolute atomic E-state index is 0.151. The number of alkyl halides is 1. The number of fused-ring (bicyclic) bond motifs is 2. The second-order valence-corrected chi connectivity index (χ2v) is 8.57. The number of rotatable bonds is 4. The van der Waals surface area contributed by atoms with Crippen LogP contribution >= 0.6 is 0 Å². The van der Waals surface area contributed by atoms with E-state index in [9.17, 15) is 9.90 Å². The molecule has 0 spiro atoms. The lowest BCUT2D eigenvalue weighted by Crippen LogP contribution is -2.47. The molecule has 32 heavy (non-hydrogen) atoms. The van der Waals surface area contributed by atoms with Gasteiger partial charge in [0.15, 0.2) is 6.17 Å². The van der Waals surface area contributed by atoms with E-state index >= 15 is 4.39 Å². The molecule has 0 bridgehead atoms. The number of hydrogen-bond donors (Lipinski definition) is 1. The number of anilines is 1. The van der Waals surface area contributed by atoms with E-state index in [1.165, 1.54) is 4.90 Å². The molecule has 0 unspecified atom stereocenters. The molecule has 1 fully saturated rings. The number of carbonyl (C=O) groups excluding carboxylic acids is 1. The van der Waals surface area contributed by atoms with E-state index in [1.54, 1.807) is 24.0 Å². The molecule has 2 aliphatic heterocycles. The number of likely N-dealkylation sites (N-methyl/N-ethyl adjacent to an activating group) is 1. The summed E-state index contributed by atoms with van der Waals surface area (Å²) in [5.74, 6) is 1.14. The zero-order valence-electron chi connectivity index (χ0n) is 18.3. The number of hydrogen-bond acceptors (Lipinski definition) is 6. The Labute approximate surface area is 185 Å². The molecule has 0 radical (unpaired) electrons. The normalized spacial score (nSPS) is 23.2. The van der Waals surface area contributed by atoms with Gasteiger partial charge in [-0.1, -0.05) is 0 Å². The lowest BCUT2D eigenvalue weighted by molar-refractivity contribution is 0.0714. The Morgan fingerprint density at radius 3 is 2.84 bits per heavy atom. The molecule has 2 aromatic heterocycles. The van der Waals surface area contributed by atoms with E-state index in [4.69, 9.17) is 9.72 Å². The predicted octanol–water partition coefficient (Wildman–Crippen LogP) is 2.39. The van der Waals surface area contributed by atoms with Crippen LogP contribution < -0.4 is 9.64 Å². The first-order valence-corrected chi connectivity index (χ1v) is 10.7. The fourth-order valence-corrected chi connectivity index (χ4v) is 4.69. The Morgan fingerprint density at radius 1 is 1.28 bits per heavy atom. The molecule has 0 aliphatic carbocycles. The largest absolute Gasteiger partial charge is 0.487 e. The van der Waals surface area contributed by atoms with Crippen LogP contribution in [0.5, 0.6) is 5.75 Å². The van der Waals surface area contributed by atoms with Gasteiger partial charge in [-0.15, -0.1) is 0 Å². The molecule has 0 saturated carbocycles. The van der Waals surface area contributed by atoms with Crippen LogP contribution in [0.25, 0.3) is 10.9 Å². The maximum Gasteiger partial charge on any atom is 0.256 e. The number of halogens is 1. The molecule has 3 atom stereocenters. The number of amides is 1. The van der Waals surface area contributed by atoms with Gasteiger partial charge < -0.3 is 19.6 Å². The summed E-state index contributed by atoms with van der Waals surface area (Å²) in [5.41, 5.74) is 2.87. The van der Waals surface area contributed by atoms with Crippen LogP contribution in [0.15, 0.2) is 30.5 Å². The number of benzene rings is 1. The van der Waals surface area contributed by atoms with Gasteiger partial charge in [0.2, 0.25) is 0 Å². The highest BCUT2D eigenvalue weighted by molar-refractivity contribution is 5.99. The van der Waals surface area contributed by atoms with Crippen molar-refractivity contribution in [2.75, 3.05) is 31.6 Å². The Bertz CT molecular complexity index is 1200. The SMILES string of the molecule is Cc1cc2c(nc1N1CC[C@@H](Oc3ccc4c(cnn4C)c3)[C@@H](F)C1)[C@@H](CO)N(C)C2=O. The van der Waals surface area contributed by atoms with Gasteiger partial charge in [0.1, 0.15) is 17.7 Å². The van der Waals surface area contributed by atoms with Crippen molar-refractivity contribution >= 4 is 22.6 Å². The van der Waals surface area contributed by atoms with Gasteiger partial charge in [-0.25, -0.2) is 9.37 Å². The van der Waals surface area contributed by atoms with Crippen molar-refractivity contribution in [1.82, 2.24) is 19.7 Å². The lowest BCUT2D eigenvalue weighted by atomic mass is 10.0. The summed E-state index contributed by atoms with van der Waals surface area (Å²) >= 11 is 0. The highest BCUT2D eigenvalue weighted by Gasteiger charge is 2.38. The summed E-state index contributed by atoms with van der Waals surface area (Å²) < 4.78 is 22.9. The number of aliphatic hydroxyl groups excluding tert-OH is 1. The standard InChI is InChI=1S/C23H26FN5O3/c1-13-8-16-21(19(12-30)27(2)23(16)31)26-22(13)29-7-6-20(17(24)11-29)32-15-4-5-18-14(9-15)10-25-28(18)3/h4-5,8-10,17,19-20,30H,6-7,11-12H2,1-3H3/t17-,19+,20+/m0/s1. The molecule has 4 heterocycles. The van der Waals surface area contributed by atoms with Crippen molar-refractivity contribution in [3.05, 3.63) is 47.3 Å². The molecule has 1 saturated heterocycles. The van der Waals surface area contributed by atoms with Gasteiger partial charge >= 0.3 is 0 Å². The average Bonchev–Trinajstić information content (AvgIpc) is 3.26. The van der Waals surface area contributed by atoms with E-state index in [1.807, 2.05) is 37.1 Å². The van der Waals surface area contributed by atoms with Crippen LogP contribution in [0.4, 0.5) is 10.2 Å². The summed E-state index contributed by atoms with van der Waals surface area (Å²) in [5, 5.41) is 14.9. The fourth-order valence-electron chi connectivity index (χ4n) is 4.69. The van der Waals surface area contributed by atoms with Crippen molar-refractivity contribution in [2.45, 2.75) is 31.7 Å². The molecular weight excluding hydrogens is 413 g/mol. The van der Waals surface area contributed by atoms with E-state index in [0.717, 1.165) is 16.5 Å². The number of aryl methyl sites for hydroxylation is 2. The summed E-state index contributed by atoms with van der Waals surface area (Å²) in [7, 11) is 3.53. The quantitative estimate of drug-likeness (QED) is 0.672. The van der Waals surface area contributed by atoms with Crippen LogP contribution in [0.2, 0.25) is 0 Å². The van der Waals surface area contributed by atoms with Gasteiger partial charge in [-0.2, -0.15) is 5.10 Å². The topological polar surface area (TPSA) is 83.7 Å². The Kier molecular flexibility index (Phi) is 5.00. The summed E-state index contributed by atoms with van der Waals surface area (Å²) in [4.78, 5) is 20.5. The number of pyridine rings is 1. The van der Waals surface area contributed by atoms with Crippen LogP contribution in [0, 0.1) is 6.92 Å². The van der Waals surface area contributed by atoms with E-state index in [0.29, 0.717) is 35.8 Å². The Balaban J connectivity index is 1.33. The Hall–Kier alpha value is -3.20. The molecule has 5 rings (SSSR count). The molecule has 1 amide bonds. The smallest absolute Gasteiger partial charge is 0.256 e. The summed E-state index contributed by atoms with van der Waals surface area (Å²) in [6.07, 6.45) is 0.530. The maximum atomic E-state index is 15.1. The highest BCUT2D eigenvalue weighted by Crippen LogP contribution is 2.35. The van der Waals surface area contributed by atoms with Crippen LogP contribution in [-0.2, 0) is 7.05 Å². The molecule has 168 valence electrons. The van der Waals surface area contributed by atoms with Gasteiger partial charge in [0, 0.05) is 32.4 Å². The van der Waals surface area contributed by atoms with Crippen molar-refractivity contribution in [2.24, 2.45) is 7.05 Å². The second-order valence-electron chi connectivity index (χ2n) is 8.57. The molecule has 1 aromatic carbocycles. The van der Waals surface area contributed by atoms with Crippen molar-refractivity contribution in [3.63, 3.8) is 0 Å². The molecule has 8 nitrogen and oxygen atoms in total. The van der Waals surface area contributed by atoms with Crippen LogP contribution in [-0.4, -0.2) is 69.7 Å². The first kappa shape index (κ1) is 20.7. The van der Waals surface area contributed by atoms with Gasteiger partial charge in [0.25, 0.3) is 5.91 Å². The second kappa shape index (κ2) is 7.74. The monoisotopic (exact) mass is 439 g/mol. The number of aliphatic hydroxyl groups is 1. The van der Waals surface area contributed by atoms with E-state index in [-0.39, 0.29) is 19.1 Å². The third kappa shape index (κ3) is 3.28. The van der Waals surface area contributed by atoms with Crippen LogP contribution in [0.3, 0.4) is 0 Å². The third-order valence-electron chi connectivity index (χ3n) is 6.51. The number of nitrogens with zero attached hydrogens (tertiary/aromatic N) is 5. The number of aromatic nitrogens is 3. The zero-order chi connectivity index (χ0) is 22.6. The first-order chi connectivity index (χ1) is 15.4. The fraction of sp³-hybridized carbons (Fsp3) is 0.435. The van der Waals surface area contributed by atoms with Crippen molar-refractivity contribution in [1.29, 1.82) is 0 Å². The maximum absolute atomic E-state index is 15.1. The van der Waals surface area contributed by atoms with Gasteiger partial charge in [-0.3, -0.25) is 9.48 Å². The average molecular weight is 439 g/mol. The van der Waals surface area contributed by atoms with Crippen molar-refractivity contribution < 1.29 is 19.0 Å². The molecule has 3 aromatic rings. The third-order valence-corrected chi connectivity index (χ3v) is 6.51. The first-order valence-electron chi connectivity index (χ1n) is 10.7. The van der Waals surface area contributed by atoms with Crippen LogP contribution in [0.1, 0.15) is 34.1 Å². The minimum atomic E-state index is -1.19. The minimum Gasteiger partial charge on any atom is -0.487 e. The molecule has 2 aliphatic rings. The number of carbonyl (C=O) groups is 1. The summed E-state index contributed by atoms with van der Waals surface area (Å²) in [6, 6.07) is 6.98. The molecular formula is C23H26FN5O3. The zero-order valence-corrected chi connectivity index (χ0v) is 18.3. The Morgan fingerprint density at radius 2 is 2.09 bits per heavy atom. The van der Waals surface area contributed by atoms with Gasteiger partial charge in [-0.05, 0) is 36.8 Å². The van der Waals surface area contributed by atoms with Crippen molar-refractivity contribution in [3.8, 4) is 5.75 Å². The number of piperidine rings is 1. The van der Waals surface area contributed by atoms with Gasteiger partial charge in [0.05, 0.1) is 42.2 Å².